The van der Waals surface area contributed by atoms with Crippen molar-refractivity contribution in [3.05, 3.63) is 59.7 Å². The molecule has 2 aromatic carbocycles. The molecule has 0 atom stereocenters. The Balaban J connectivity index is 2.01. The molecular weight excluding hydrogens is 224 g/mol. The fraction of sp³-hybridized carbons (Fsp3) is 0.133. The summed E-state index contributed by atoms with van der Waals surface area (Å²) in [5.74, 6) is 0. The van der Waals surface area contributed by atoms with Gasteiger partial charge in [-0.1, -0.05) is 24.3 Å². The van der Waals surface area contributed by atoms with Gasteiger partial charge in [0.25, 0.3) is 0 Å². The molecule has 0 unspecified atom stereocenters. The van der Waals surface area contributed by atoms with Crippen molar-refractivity contribution < 1.29 is 4.79 Å². The van der Waals surface area contributed by atoms with E-state index in [0.29, 0.717) is 0 Å². The molecule has 2 N–H and O–H groups in total. The monoisotopic (exact) mass is 240 g/mol. The van der Waals surface area contributed by atoms with Crippen LogP contribution in [0.2, 0.25) is 0 Å². The van der Waals surface area contributed by atoms with Crippen molar-refractivity contribution in [1.82, 2.24) is 0 Å². The Labute approximate surface area is 107 Å². The molecule has 0 aliphatic rings. The lowest BCUT2D eigenvalue weighted by molar-refractivity contribution is 0.262. The molecule has 0 aromatic heterocycles. The highest BCUT2D eigenvalue weighted by Gasteiger charge is 2.02. The summed E-state index contributed by atoms with van der Waals surface area (Å²) in [5, 5.41) is 5.60. The summed E-state index contributed by atoms with van der Waals surface area (Å²) < 4.78 is 0. The second-order valence-electron chi connectivity index (χ2n) is 4.32. The van der Waals surface area contributed by atoms with Gasteiger partial charge in [0.15, 0.2) is 0 Å². The Morgan fingerprint density at radius 3 is 1.67 bits per heavy atom. The van der Waals surface area contributed by atoms with Crippen LogP contribution in [0.4, 0.5) is 16.2 Å². The molecule has 2 rings (SSSR count). The van der Waals surface area contributed by atoms with Crippen LogP contribution in [0.1, 0.15) is 11.1 Å². The molecule has 3 heteroatoms. The van der Waals surface area contributed by atoms with Gasteiger partial charge in [-0.2, -0.15) is 0 Å². The molecule has 92 valence electrons. The van der Waals surface area contributed by atoms with E-state index in [2.05, 4.69) is 10.6 Å². The SMILES string of the molecule is Cc1cccc(NC(=O)Nc2cccc(C)c2)c1. The van der Waals surface area contributed by atoms with Crippen molar-refractivity contribution in [1.29, 1.82) is 0 Å². The van der Waals surface area contributed by atoms with Crippen molar-refractivity contribution >= 4 is 17.4 Å². The fourth-order valence-electron chi connectivity index (χ4n) is 1.74. The van der Waals surface area contributed by atoms with Crippen molar-refractivity contribution in [2.45, 2.75) is 13.8 Å². The van der Waals surface area contributed by atoms with E-state index in [-0.39, 0.29) is 6.03 Å². The lowest BCUT2D eigenvalue weighted by atomic mass is 10.2. The Bertz CT molecular complexity index is 514. The van der Waals surface area contributed by atoms with E-state index in [1.165, 1.54) is 0 Å². The minimum Gasteiger partial charge on any atom is -0.308 e. The van der Waals surface area contributed by atoms with Crippen LogP contribution in [0.5, 0.6) is 0 Å². The maximum atomic E-state index is 11.8. The quantitative estimate of drug-likeness (QED) is 0.820. The van der Waals surface area contributed by atoms with Crippen LogP contribution < -0.4 is 10.6 Å². The van der Waals surface area contributed by atoms with E-state index in [4.69, 9.17) is 0 Å². The van der Waals surface area contributed by atoms with Gasteiger partial charge < -0.3 is 10.6 Å². The predicted octanol–water partition coefficient (Wildman–Crippen LogP) is 3.95. The summed E-state index contributed by atoms with van der Waals surface area (Å²) in [5.41, 5.74) is 3.81. The van der Waals surface area contributed by atoms with Crippen LogP contribution in [0.25, 0.3) is 0 Å². The van der Waals surface area contributed by atoms with Crippen LogP contribution in [-0.4, -0.2) is 6.03 Å². The van der Waals surface area contributed by atoms with E-state index in [1.54, 1.807) is 0 Å². The second-order valence-corrected chi connectivity index (χ2v) is 4.32. The first-order valence-corrected chi connectivity index (χ1v) is 5.85. The van der Waals surface area contributed by atoms with Gasteiger partial charge in [-0.3, -0.25) is 0 Å². The molecule has 0 spiro atoms. The highest BCUT2D eigenvalue weighted by molar-refractivity contribution is 5.99. The lowest BCUT2D eigenvalue weighted by Gasteiger charge is -2.08. The lowest BCUT2D eigenvalue weighted by Crippen LogP contribution is -2.19. The zero-order chi connectivity index (χ0) is 13.0. The van der Waals surface area contributed by atoms with E-state index < -0.39 is 0 Å². The van der Waals surface area contributed by atoms with Gasteiger partial charge in [-0.25, -0.2) is 4.79 Å². The smallest absolute Gasteiger partial charge is 0.308 e. The van der Waals surface area contributed by atoms with Crippen LogP contribution in [0, 0.1) is 13.8 Å². The molecule has 0 heterocycles. The van der Waals surface area contributed by atoms with Gasteiger partial charge in [0.05, 0.1) is 0 Å². The topological polar surface area (TPSA) is 41.1 Å². The minimum absolute atomic E-state index is 0.230. The number of aryl methyl sites for hydroxylation is 2. The number of nitrogens with one attached hydrogen (secondary N) is 2. The number of hydrogen-bond donors (Lipinski definition) is 2. The average Bonchev–Trinajstić information content (AvgIpc) is 2.28. The van der Waals surface area contributed by atoms with E-state index in [1.807, 2.05) is 62.4 Å². The summed E-state index contributed by atoms with van der Waals surface area (Å²) in [6.07, 6.45) is 0. The summed E-state index contributed by atoms with van der Waals surface area (Å²) in [7, 11) is 0. The zero-order valence-corrected chi connectivity index (χ0v) is 10.5. The van der Waals surface area contributed by atoms with Gasteiger partial charge in [0.1, 0.15) is 0 Å². The summed E-state index contributed by atoms with van der Waals surface area (Å²) >= 11 is 0. The Morgan fingerprint density at radius 1 is 0.833 bits per heavy atom. The van der Waals surface area contributed by atoms with Crippen molar-refractivity contribution in [3.63, 3.8) is 0 Å². The molecule has 0 saturated carbocycles. The number of amides is 2. The van der Waals surface area contributed by atoms with Crippen molar-refractivity contribution in [2.75, 3.05) is 10.6 Å². The first-order valence-electron chi connectivity index (χ1n) is 5.85. The van der Waals surface area contributed by atoms with Crippen LogP contribution in [-0.2, 0) is 0 Å². The Morgan fingerprint density at radius 2 is 1.28 bits per heavy atom. The number of benzene rings is 2. The second kappa shape index (κ2) is 5.36. The Kier molecular flexibility index (Phi) is 3.63. The third kappa shape index (κ3) is 3.35. The van der Waals surface area contributed by atoms with Gasteiger partial charge in [-0.05, 0) is 49.2 Å². The molecule has 0 aliphatic carbocycles. The highest BCUT2D eigenvalue weighted by atomic mass is 16.2. The number of carbonyl (C=O) groups is 1. The zero-order valence-electron chi connectivity index (χ0n) is 10.5. The molecule has 2 aromatic rings. The molecule has 0 saturated heterocycles. The molecule has 18 heavy (non-hydrogen) atoms. The molecule has 0 radical (unpaired) electrons. The van der Waals surface area contributed by atoms with E-state index in [9.17, 15) is 4.79 Å². The third-order valence-electron chi connectivity index (χ3n) is 2.55. The van der Waals surface area contributed by atoms with Crippen LogP contribution >= 0.6 is 0 Å². The first-order chi connectivity index (χ1) is 8.63. The van der Waals surface area contributed by atoms with Gasteiger partial charge in [0.2, 0.25) is 0 Å². The van der Waals surface area contributed by atoms with Crippen LogP contribution in [0.15, 0.2) is 48.5 Å². The fourth-order valence-corrected chi connectivity index (χ4v) is 1.74. The number of urea groups is 1. The molecule has 0 aliphatic heterocycles. The number of rotatable bonds is 2. The Hall–Kier alpha value is -2.29. The maximum Gasteiger partial charge on any atom is 0.323 e. The predicted molar refractivity (Wildman–Crippen MR) is 75.0 cm³/mol. The number of carbonyl (C=O) groups excluding carboxylic acids is 1. The largest absolute Gasteiger partial charge is 0.323 e. The van der Waals surface area contributed by atoms with E-state index in [0.717, 1.165) is 22.5 Å². The summed E-state index contributed by atoms with van der Waals surface area (Å²) in [4.78, 5) is 11.8. The van der Waals surface area contributed by atoms with Gasteiger partial charge in [0, 0.05) is 11.4 Å². The summed E-state index contributed by atoms with van der Waals surface area (Å²) in [6.45, 7) is 3.98. The summed E-state index contributed by atoms with van der Waals surface area (Å²) in [6, 6.07) is 15.2. The van der Waals surface area contributed by atoms with Crippen molar-refractivity contribution in [3.8, 4) is 0 Å². The maximum absolute atomic E-state index is 11.8. The van der Waals surface area contributed by atoms with E-state index >= 15 is 0 Å². The minimum atomic E-state index is -0.230. The van der Waals surface area contributed by atoms with Gasteiger partial charge >= 0.3 is 6.03 Å². The molecule has 3 nitrogen and oxygen atoms in total. The first kappa shape index (κ1) is 12.2. The van der Waals surface area contributed by atoms with Crippen molar-refractivity contribution in [2.24, 2.45) is 0 Å². The molecule has 0 bridgehead atoms. The molecular formula is C15H16N2O. The molecule has 2 amide bonds. The normalized spacial score (nSPS) is 9.89. The molecule has 0 fully saturated rings. The number of anilines is 2. The third-order valence-corrected chi connectivity index (χ3v) is 2.55. The van der Waals surface area contributed by atoms with Crippen LogP contribution in [0.3, 0.4) is 0 Å². The highest BCUT2D eigenvalue weighted by Crippen LogP contribution is 2.12. The average molecular weight is 240 g/mol. The standard InChI is InChI=1S/C15H16N2O/c1-11-5-3-7-13(9-11)16-15(18)17-14-8-4-6-12(2)10-14/h3-10H,1-2H3,(H2,16,17,18). The number of hydrogen-bond acceptors (Lipinski definition) is 1. The van der Waals surface area contributed by atoms with Gasteiger partial charge in [-0.15, -0.1) is 0 Å².